The van der Waals surface area contributed by atoms with E-state index < -0.39 is 11.8 Å². The van der Waals surface area contributed by atoms with Crippen LogP contribution in [0.15, 0.2) is 65.8 Å². The summed E-state index contributed by atoms with van der Waals surface area (Å²) in [6.45, 7) is 5.51. The number of amides is 3. The standard InChI is InChI=1S/C28H30N4O5/c1-5-21-11-6-7-12-22(21)30-25(33)17-37-23-14-13-20(15-24(23)36-4)16-29-32-28(35)27(34)31-26-18(2)9-8-10-19(26)3/h6-16H,5,17H2,1-4H3,(H,30,33)(H,31,34)(H,32,35)/b29-16-. The SMILES string of the molecule is CCc1ccccc1NC(=O)COc1ccc(/C=N\NC(=O)C(=O)Nc2c(C)cccc2C)cc1OC. The Morgan fingerprint density at radius 1 is 0.892 bits per heavy atom. The van der Waals surface area contributed by atoms with Crippen LogP contribution in [0.1, 0.15) is 29.2 Å². The Labute approximate surface area is 215 Å². The number of nitrogens with one attached hydrogen (secondary N) is 3. The van der Waals surface area contributed by atoms with Crippen molar-refractivity contribution in [3.8, 4) is 11.5 Å². The van der Waals surface area contributed by atoms with E-state index in [1.807, 2.05) is 63.2 Å². The van der Waals surface area contributed by atoms with Gasteiger partial charge in [-0.15, -0.1) is 0 Å². The largest absolute Gasteiger partial charge is 0.493 e. The molecule has 192 valence electrons. The van der Waals surface area contributed by atoms with Crippen LogP contribution < -0.4 is 25.5 Å². The van der Waals surface area contributed by atoms with Crippen molar-refractivity contribution < 1.29 is 23.9 Å². The highest BCUT2D eigenvalue weighted by molar-refractivity contribution is 6.39. The number of anilines is 2. The summed E-state index contributed by atoms with van der Waals surface area (Å²) in [5, 5.41) is 9.30. The molecule has 0 aliphatic carbocycles. The van der Waals surface area contributed by atoms with Gasteiger partial charge in [0.1, 0.15) is 0 Å². The van der Waals surface area contributed by atoms with Gasteiger partial charge < -0.3 is 20.1 Å². The average molecular weight is 503 g/mol. The van der Waals surface area contributed by atoms with Gasteiger partial charge in [0.25, 0.3) is 5.91 Å². The maximum absolute atomic E-state index is 12.4. The molecule has 0 saturated heterocycles. The molecule has 0 aromatic heterocycles. The summed E-state index contributed by atoms with van der Waals surface area (Å²) in [6.07, 6.45) is 2.16. The average Bonchev–Trinajstić information content (AvgIpc) is 2.90. The van der Waals surface area contributed by atoms with E-state index in [9.17, 15) is 14.4 Å². The molecule has 3 aromatic carbocycles. The van der Waals surface area contributed by atoms with Crippen molar-refractivity contribution in [1.29, 1.82) is 0 Å². The second kappa shape index (κ2) is 12.9. The minimum absolute atomic E-state index is 0.201. The van der Waals surface area contributed by atoms with Crippen LogP contribution >= 0.6 is 0 Å². The molecule has 9 heteroatoms. The number of para-hydroxylation sites is 2. The molecule has 3 amide bonds. The Morgan fingerprint density at radius 3 is 2.32 bits per heavy atom. The molecule has 3 N–H and O–H groups in total. The quantitative estimate of drug-likeness (QED) is 0.232. The lowest BCUT2D eigenvalue weighted by atomic mass is 10.1. The Balaban J connectivity index is 1.55. The van der Waals surface area contributed by atoms with Gasteiger partial charge >= 0.3 is 11.8 Å². The van der Waals surface area contributed by atoms with Crippen molar-refractivity contribution in [3.05, 3.63) is 82.9 Å². The molecule has 0 aliphatic heterocycles. The predicted octanol–water partition coefficient (Wildman–Crippen LogP) is 3.98. The summed E-state index contributed by atoms with van der Waals surface area (Å²) in [6, 6.07) is 18.1. The van der Waals surface area contributed by atoms with E-state index in [0.717, 1.165) is 28.8 Å². The number of hydrogen-bond donors (Lipinski definition) is 3. The zero-order valence-corrected chi connectivity index (χ0v) is 21.3. The summed E-state index contributed by atoms with van der Waals surface area (Å²) in [4.78, 5) is 36.7. The zero-order chi connectivity index (χ0) is 26.8. The molecule has 0 saturated carbocycles. The number of carbonyl (C=O) groups is 3. The smallest absolute Gasteiger partial charge is 0.329 e. The number of aryl methyl sites for hydroxylation is 3. The van der Waals surface area contributed by atoms with Crippen LogP contribution in [-0.2, 0) is 20.8 Å². The third-order valence-corrected chi connectivity index (χ3v) is 5.52. The van der Waals surface area contributed by atoms with Crippen molar-refractivity contribution in [2.45, 2.75) is 27.2 Å². The third kappa shape index (κ3) is 7.41. The molecule has 0 atom stereocenters. The van der Waals surface area contributed by atoms with Gasteiger partial charge in [0.15, 0.2) is 18.1 Å². The molecular formula is C28H30N4O5. The van der Waals surface area contributed by atoms with Gasteiger partial charge in [0.2, 0.25) is 0 Å². The number of ether oxygens (including phenoxy) is 2. The fourth-order valence-corrected chi connectivity index (χ4v) is 3.56. The molecule has 0 bridgehead atoms. The summed E-state index contributed by atoms with van der Waals surface area (Å²) >= 11 is 0. The highest BCUT2D eigenvalue weighted by Gasteiger charge is 2.15. The normalized spacial score (nSPS) is 10.6. The first-order valence-electron chi connectivity index (χ1n) is 11.7. The number of nitrogens with zero attached hydrogens (tertiary/aromatic N) is 1. The molecule has 0 fully saturated rings. The highest BCUT2D eigenvalue weighted by atomic mass is 16.5. The van der Waals surface area contributed by atoms with Gasteiger partial charge in [0, 0.05) is 11.4 Å². The molecule has 3 aromatic rings. The molecule has 0 aliphatic rings. The topological polar surface area (TPSA) is 118 Å². The van der Waals surface area contributed by atoms with E-state index in [1.54, 1.807) is 18.2 Å². The fraction of sp³-hybridized carbons (Fsp3) is 0.214. The van der Waals surface area contributed by atoms with Crippen LogP contribution in [0.2, 0.25) is 0 Å². The monoisotopic (exact) mass is 502 g/mol. The molecule has 3 rings (SSSR count). The molecule has 0 unspecified atom stereocenters. The summed E-state index contributed by atoms with van der Waals surface area (Å²) < 4.78 is 11.0. The van der Waals surface area contributed by atoms with Gasteiger partial charge in [-0.3, -0.25) is 14.4 Å². The molecular weight excluding hydrogens is 472 g/mol. The molecule has 9 nitrogen and oxygen atoms in total. The first-order chi connectivity index (χ1) is 17.8. The van der Waals surface area contributed by atoms with Crippen molar-refractivity contribution in [2.24, 2.45) is 5.10 Å². The van der Waals surface area contributed by atoms with E-state index in [-0.39, 0.29) is 12.5 Å². The Kier molecular flexibility index (Phi) is 9.37. The first-order valence-corrected chi connectivity index (χ1v) is 11.7. The number of hydrogen-bond acceptors (Lipinski definition) is 6. The maximum Gasteiger partial charge on any atom is 0.329 e. The number of rotatable bonds is 9. The highest BCUT2D eigenvalue weighted by Crippen LogP contribution is 2.27. The lowest BCUT2D eigenvalue weighted by Gasteiger charge is -2.13. The second-order valence-corrected chi connectivity index (χ2v) is 8.18. The second-order valence-electron chi connectivity index (χ2n) is 8.18. The van der Waals surface area contributed by atoms with Crippen LogP contribution in [0.25, 0.3) is 0 Å². The number of benzene rings is 3. The third-order valence-electron chi connectivity index (χ3n) is 5.52. The summed E-state index contributed by atoms with van der Waals surface area (Å²) in [7, 11) is 1.47. The van der Waals surface area contributed by atoms with E-state index >= 15 is 0 Å². The van der Waals surface area contributed by atoms with Crippen LogP contribution in [0.3, 0.4) is 0 Å². The zero-order valence-electron chi connectivity index (χ0n) is 21.3. The minimum atomic E-state index is -0.901. The fourth-order valence-electron chi connectivity index (χ4n) is 3.56. The molecule has 0 heterocycles. The summed E-state index contributed by atoms with van der Waals surface area (Å²) in [5.74, 6) is -1.27. The molecule has 0 radical (unpaired) electrons. The molecule has 0 spiro atoms. The summed E-state index contributed by atoms with van der Waals surface area (Å²) in [5.41, 5.74) is 6.87. The van der Waals surface area contributed by atoms with Gasteiger partial charge in [0.05, 0.1) is 13.3 Å². The van der Waals surface area contributed by atoms with E-state index in [1.165, 1.54) is 13.3 Å². The number of carbonyl (C=O) groups excluding carboxylic acids is 3. The van der Waals surface area contributed by atoms with Crippen LogP contribution in [0, 0.1) is 13.8 Å². The Bertz CT molecular complexity index is 1300. The van der Waals surface area contributed by atoms with Crippen molar-refractivity contribution in [1.82, 2.24) is 5.43 Å². The van der Waals surface area contributed by atoms with Crippen molar-refractivity contribution in [3.63, 3.8) is 0 Å². The lowest BCUT2D eigenvalue weighted by molar-refractivity contribution is -0.136. The Morgan fingerprint density at radius 2 is 1.62 bits per heavy atom. The van der Waals surface area contributed by atoms with Crippen molar-refractivity contribution in [2.75, 3.05) is 24.4 Å². The van der Waals surface area contributed by atoms with Gasteiger partial charge in [-0.1, -0.05) is 43.3 Å². The van der Waals surface area contributed by atoms with Crippen molar-refractivity contribution >= 4 is 35.3 Å². The molecule has 37 heavy (non-hydrogen) atoms. The van der Waals surface area contributed by atoms with E-state index in [4.69, 9.17) is 9.47 Å². The first kappa shape index (κ1) is 26.9. The predicted molar refractivity (Wildman–Crippen MR) is 143 cm³/mol. The van der Waals surface area contributed by atoms with E-state index in [2.05, 4.69) is 21.2 Å². The van der Waals surface area contributed by atoms with Gasteiger partial charge in [-0.2, -0.15) is 5.10 Å². The lowest BCUT2D eigenvalue weighted by Crippen LogP contribution is -2.32. The number of hydrazone groups is 1. The van der Waals surface area contributed by atoms with E-state index in [0.29, 0.717) is 22.7 Å². The van der Waals surface area contributed by atoms with Crippen LogP contribution in [0.4, 0.5) is 11.4 Å². The minimum Gasteiger partial charge on any atom is -0.493 e. The van der Waals surface area contributed by atoms with Crippen LogP contribution in [-0.4, -0.2) is 37.7 Å². The van der Waals surface area contributed by atoms with Gasteiger partial charge in [-0.05, 0) is 66.8 Å². The van der Waals surface area contributed by atoms with Crippen LogP contribution in [0.5, 0.6) is 11.5 Å². The van der Waals surface area contributed by atoms with Gasteiger partial charge in [-0.25, -0.2) is 5.43 Å². The number of methoxy groups -OCH3 is 1. The maximum atomic E-state index is 12.4. The Hall–Kier alpha value is -4.66.